The van der Waals surface area contributed by atoms with Gasteiger partial charge in [-0.3, -0.25) is 43.2 Å². The Morgan fingerprint density at radius 1 is 0.487 bits per heavy atom. The first-order valence-corrected chi connectivity index (χ1v) is 23.3. The summed E-state index contributed by atoms with van der Waals surface area (Å²) in [4.78, 5) is 93.3. The molecular formula is C52H75N9O15. The lowest BCUT2D eigenvalue weighted by Gasteiger charge is -2.18. The second kappa shape index (κ2) is 60.5. The van der Waals surface area contributed by atoms with E-state index in [2.05, 4.69) is 23.7 Å². The topological polar surface area (TPSA) is 423 Å². The first kappa shape index (κ1) is 84.1. The van der Waals surface area contributed by atoms with Crippen LogP contribution in [-0.2, 0) is 71.6 Å². The molecule has 0 atom stereocenters. The first-order valence-electron chi connectivity index (χ1n) is 23.3. The fourth-order valence-electron chi connectivity index (χ4n) is 3.08. The molecule has 0 N–H and O–H groups in total. The lowest BCUT2D eigenvalue weighted by Crippen LogP contribution is -2.23. The van der Waals surface area contributed by atoms with Crippen LogP contribution in [0.15, 0.2) is 0 Å². The van der Waals surface area contributed by atoms with Crippen molar-refractivity contribution in [2.75, 3.05) is 26.9 Å². The van der Waals surface area contributed by atoms with Gasteiger partial charge in [0.1, 0.15) is 55.7 Å². The largest absolute Gasteiger partial charge is 0.468 e. The van der Waals surface area contributed by atoms with Crippen molar-refractivity contribution in [2.24, 2.45) is 11.3 Å². The quantitative estimate of drug-likeness (QED) is 0.0767. The summed E-state index contributed by atoms with van der Waals surface area (Å²) in [6.45, 7) is 22.4. The Bertz CT molecular complexity index is 2100. The summed E-state index contributed by atoms with van der Waals surface area (Å²) in [5.74, 6) is -2.38. The summed E-state index contributed by atoms with van der Waals surface area (Å²) in [7, 11) is 1.25. The number of methoxy groups -OCH3 is 1. The van der Waals surface area contributed by atoms with Crippen LogP contribution in [0, 0.1) is 113 Å². The van der Waals surface area contributed by atoms with E-state index >= 15 is 0 Å². The lowest BCUT2D eigenvalue weighted by molar-refractivity contribution is -0.153. The van der Waals surface area contributed by atoms with E-state index in [4.69, 9.17) is 52.1 Å². The van der Waals surface area contributed by atoms with E-state index in [9.17, 15) is 43.2 Å². The highest BCUT2D eigenvalue weighted by atomic mass is 16.6. The molecule has 418 valence electrons. The Hall–Kier alpha value is -8.76. The molecular weight excluding hydrogens is 991 g/mol. The Balaban J connectivity index is -0.000000114. The van der Waals surface area contributed by atoms with Gasteiger partial charge in [0, 0.05) is 11.3 Å². The van der Waals surface area contributed by atoms with Crippen LogP contribution in [0.5, 0.6) is 0 Å². The van der Waals surface area contributed by atoms with Crippen molar-refractivity contribution in [3.05, 3.63) is 0 Å². The number of nitriles is 9. The maximum atomic E-state index is 10.8. The zero-order valence-electron chi connectivity index (χ0n) is 46.3. The fraction of sp³-hybridized carbons (Fsp3) is 0.654. The third kappa shape index (κ3) is 91.5. The van der Waals surface area contributed by atoms with Crippen molar-refractivity contribution in [1.82, 2.24) is 0 Å². The average Bonchev–Trinajstić information content (AvgIpc) is 4.16. The van der Waals surface area contributed by atoms with Crippen molar-refractivity contribution in [3.63, 3.8) is 0 Å². The standard InChI is InChI=1S/2C7H11NO2.C7H11NO.2C6H9NO2.C6H7NO.C5H7NO2.C4H5NO2.C4H5NO/c1-7(2,3)10-6(9)4-5-8;1-2-3-6-10-7(9)4-5-8;1-7(2,3)6(9)4-5-8;1-5(2)9-6(8)3-4-7;1-2-5-9-6(8)3-4-7;7-4-3-6(8)5-1-2-5;1-2-8-5(7)3-4-6;1-7-4(6)2-3-5;1-4(6)2-3-5/h4H2,1-3H3;2-4,6H2,1H3;4H2,1-3H3;5H,3H2,1-2H3;2-3,5H2,1H3;5H,1-3H2;2-3H2,1H3;2H2,1H3;2H2,1H3. The molecule has 0 spiro atoms. The van der Waals surface area contributed by atoms with Crippen molar-refractivity contribution < 1.29 is 71.6 Å². The minimum atomic E-state index is -0.484. The highest BCUT2D eigenvalue weighted by Crippen LogP contribution is 2.30. The van der Waals surface area contributed by atoms with Crippen LogP contribution in [0.25, 0.3) is 0 Å². The SMILES string of the molecule is CC(=O)CC#N.CC(C)(C)C(=O)CC#N.CC(C)(C)OC(=O)CC#N.CC(C)OC(=O)CC#N.CCCCOC(=O)CC#N.CCCOC(=O)CC#N.CCOC(=O)CC#N.COC(=O)CC#N.N#CCC(=O)C1CC1. The minimum absolute atomic E-state index is 0.00463. The molecule has 24 nitrogen and oxygen atoms in total. The van der Waals surface area contributed by atoms with Gasteiger partial charge < -0.3 is 28.4 Å². The van der Waals surface area contributed by atoms with E-state index in [1.54, 1.807) is 84.0 Å². The van der Waals surface area contributed by atoms with Gasteiger partial charge >= 0.3 is 35.8 Å². The molecule has 0 aromatic carbocycles. The smallest absolute Gasteiger partial charge is 0.320 e. The molecule has 1 saturated carbocycles. The van der Waals surface area contributed by atoms with Gasteiger partial charge in [-0.25, -0.2) is 0 Å². The number of hydrogen-bond acceptors (Lipinski definition) is 24. The van der Waals surface area contributed by atoms with Crippen molar-refractivity contribution in [1.29, 1.82) is 47.4 Å². The van der Waals surface area contributed by atoms with Crippen LogP contribution in [0.2, 0.25) is 0 Å². The molecule has 0 radical (unpaired) electrons. The van der Waals surface area contributed by atoms with E-state index in [0.717, 1.165) is 32.1 Å². The van der Waals surface area contributed by atoms with Crippen molar-refractivity contribution in [2.45, 2.75) is 185 Å². The molecule has 0 bridgehead atoms. The molecule has 0 unspecified atom stereocenters. The molecule has 0 aromatic heterocycles. The number of carbonyl (C=O) groups excluding carboxylic acids is 9. The van der Waals surface area contributed by atoms with Crippen LogP contribution in [0.3, 0.4) is 0 Å². The van der Waals surface area contributed by atoms with Gasteiger partial charge in [0.05, 0.1) is 107 Å². The highest BCUT2D eigenvalue weighted by Gasteiger charge is 2.28. The maximum Gasteiger partial charge on any atom is 0.320 e. The molecule has 1 rings (SSSR count). The zero-order valence-corrected chi connectivity index (χ0v) is 46.3. The van der Waals surface area contributed by atoms with Crippen LogP contribution in [0.1, 0.15) is 173 Å². The summed E-state index contributed by atoms with van der Waals surface area (Å²) in [6.07, 6.45) is 3.87. The van der Waals surface area contributed by atoms with Gasteiger partial charge in [0.2, 0.25) is 0 Å². The summed E-state index contributed by atoms with van der Waals surface area (Å²) in [5, 5.41) is 71.8. The Morgan fingerprint density at radius 2 is 0.855 bits per heavy atom. The van der Waals surface area contributed by atoms with Gasteiger partial charge in [0.15, 0.2) is 5.78 Å². The highest BCUT2D eigenvalue weighted by molar-refractivity contribution is 5.85. The van der Waals surface area contributed by atoms with Gasteiger partial charge in [-0.1, -0.05) is 41.0 Å². The van der Waals surface area contributed by atoms with E-state index in [0.29, 0.717) is 19.8 Å². The Kier molecular flexibility index (Phi) is 67.0. The van der Waals surface area contributed by atoms with Crippen LogP contribution >= 0.6 is 0 Å². The molecule has 0 amide bonds. The third-order valence-electron chi connectivity index (χ3n) is 6.58. The number of unbranched alkanes of at least 4 members (excludes halogenated alkanes) is 1. The molecule has 1 aliphatic carbocycles. The van der Waals surface area contributed by atoms with Gasteiger partial charge in [-0.2, -0.15) is 47.4 Å². The number of ketones is 3. The molecule has 0 aliphatic heterocycles. The molecule has 1 fully saturated rings. The fourth-order valence-corrected chi connectivity index (χ4v) is 3.08. The van der Waals surface area contributed by atoms with Crippen LogP contribution in [0.4, 0.5) is 0 Å². The number of hydrogen-bond donors (Lipinski definition) is 0. The second-order valence-electron chi connectivity index (χ2n) is 16.4. The summed E-state index contributed by atoms with van der Waals surface area (Å²) in [6, 6.07) is 15.5. The van der Waals surface area contributed by atoms with Crippen LogP contribution in [-0.4, -0.2) is 91.8 Å². The number of carbonyl (C=O) groups is 9. The average molecular weight is 1070 g/mol. The normalized spacial score (nSPS) is 9.43. The van der Waals surface area contributed by atoms with E-state index in [1.165, 1.54) is 14.0 Å². The summed E-state index contributed by atoms with van der Waals surface area (Å²) >= 11 is 0. The zero-order chi connectivity index (χ0) is 61.0. The second-order valence-corrected chi connectivity index (χ2v) is 16.4. The monoisotopic (exact) mass is 1070 g/mol. The molecule has 1 aliphatic rings. The first-order chi connectivity index (χ1) is 35.4. The maximum absolute atomic E-state index is 10.8. The predicted molar refractivity (Wildman–Crippen MR) is 268 cm³/mol. The lowest BCUT2D eigenvalue weighted by atomic mass is 9.89. The number of esters is 6. The summed E-state index contributed by atoms with van der Waals surface area (Å²) < 4.78 is 27.2. The Labute approximate surface area is 448 Å². The van der Waals surface area contributed by atoms with Crippen molar-refractivity contribution >= 4 is 53.2 Å². The van der Waals surface area contributed by atoms with Gasteiger partial charge in [-0.05, 0) is 74.1 Å². The number of Topliss-reactive ketones (excluding diaryl/α,β-unsaturated/α-hetero) is 3. The molecule has 76 heavy (non-hydrogen) atoms. The number of nitrogens with zero attached hydrogens (tertiary/aromatic N) is 9. The van der Waals surface area contributed by atoms with Crippen LogP contribution < -0.4 is 0 Å². The van der Waals surface area contributed by atoms with Gasteiger partial charge in [-0.15, -0.1) is 0 Å². The molecule has 0 heterocycles. The molecule has 24 heteroatoms. The minimum Gasteiger partial charge on any atom is -0.468 e. The van der Waals surface area contributed by atoms with Gasteiger partial charge in [0.25, 0.3) is 0 Å². The summed E-state index contributed by atoms with van der Waals surface area (Å²) in [5.41, 5.74) is -0.830. The number of rotatable bonds is 17. The predicted octanol–water partition coefficient (Wildman–Crippen LogP) is 7.61. The van der Waals surface area contributed by atoms with E-state index < -0.39 is 41.4 Å². The Morgan fingerprint density at radius 3 is 1.12 bits per heavy atom. The number of ether oxygens (including phenoxy) is 6. The van der Waals surface area contributed by atoms with E-state index in [-0.39, 0.29) is 92.6 Å². The molecule has 0 saturated heterocycles. The third-order valence-corrected chi connectivity index (χ3v) is 6.58. The van der Waals surface area contributed by atoms with Crippen molar-refractivity contribution in [3.8, 4) is 54.6 Å². The van der Waals surface area contributed by atoms with E-state index in [1.807, 2.05) is 46.8 Å². The molecule has 0 aromatic rings.